The van der Waals surface area contributed by atoms with Gasteiger partial charge in [-0.3, -0.25) is 9.67 Å². The molecule has 0 bridgehead atoms. The van der Waals surface area contributed by atoms with Gasteiger partial charge in [0.25, 0.3) is 0 Å². The second kappa shape index (κ2) is 7.42. The molecule has 0 amide bonds. The maximum absolute atomic E-state index is 12.8. The Balaban J connectivity index is 1.66. The molecule has 1 aliphatic rings. The first kappa shape index (κ1) is 20.7. The molecule has 4 aromatic rings. The van der Waals surface area contributed by atoms with Crippen molar-refractivity contribution in [1.82, 2.24) is 34.6 Å². The van der Waals surface area contributed by atoms with Crippen molar-refractivity contribution in [3.05, 3.63) is 41.1 Å². The van der Waals surface area contributed by atoms with Crippen molar-refractivity contribution in [2.75, 3.05) is 24.5 Å². The minimum absolute atomic E-state index is 0.0925. The quantitative estimate of drug-likeness (QED) is 0.440. The molecule has 2 atom stereocenters. The smallest absolute Gasteiger partial charge is 0.333 e. The number of piperazine rings is 1. The number of nitrogens with one attached hydrogen (secondary N) is 2. The van der Waals surface area contributed by atoms with E-state index in [4.69, 9.17) is 4.98 Å². The van der Waals surface area contributed by atoms with Crippen LogP contribution in [-0.4, -0.2) is 65.7 Å². The van der Waals surface area contributed by atoms with Gasteiger partial charge in [-0.25, -0.2) is 19.3 Å². The first-order valence-electron chi connectivity index (χ1n) is 10.9. The van der Waals surface area contributed by atoms with Crippen LogP contribution in [0, 0.1) is 5.92 Å². The molecular formula is C22H28N8O2. The molecule has 0 aliphatic carbocycles. The van der Waals surface area contributed by atoms with E-state index in [9.17, 15) is 9.90 Å². The third-order valence-corrected chi connectivity index (χ3v) is 6.75. The van der Waals surface area contributed by atoms with E-state index in [1.54, 1.807) is 27.7 Å². The van der Waals surface area contributed by atoms with Gasteiger partial charge < -0.3 is 15.3 Å². The number of fused-ring (bicyclic) bond motifs is 2. The third-order valence-electron chi connectivity index (χ3n) is 6.75. The Morgan fingerprint density at radius 1 is 1.31 bits per heavy atom. The summed E-state index contributed by atoms with van der Waals surface area (Å²) in [6.45, 7) is 7.97. The highest BCUT2D eigenvalue weighted by atomic mass is 16.3. The van der Waals surface area contributed by atoms with Gasteiger partial charge in [0.1, 0.15) is 11.6 Å². The average Bonchev–Trinajstić information content (AvgIpc) is 3.32. The van der Waals surface area contributed by atoms with Crippen LogP contribution in [0.4, 0.5) is 5.82 Å². The minimum Gasteiger partial charge on any atom is -0.388 e. The van der Waals surface area contributed by atoms with Crippen LogP contribution in [0.3, 0.4) is 0 Å². The van der Waals surface area contributed by atoms with Gasteiger partial charge in [-0.15, -0.1) is 0 Å². The number of aliphatic hydroxyl groups is 1. The summed E-state index contributed by atoms with van der Waals surface area (Å²) in [5.41, 5.74) is 0.893. The fourth-order valence-electron chi connectivity index (χ4n) is 4.37. The maximum Gasteiger partial charge on any atom is 0.333 e. The highest BCUT2D eigenvalue weighted by Crippen LogP contribution is 2.30. The summed E-state index contributed by atoms with van der Waals surface area (Å²) in [5, 5.41) is 19.9. The van der Waals surface area contributed by atoms with Gasteiger partial charge in [-0.1, -0.05) is 13.8 Å². The first-order chi connectivity index (χ1) is 15.3. The molecule has 10 nitrogen and oxygen atoms in total. The molecular weight excluding hydrogens is 408 g/mol. The summed E-state index contributed by atoms with van der Waals surface area (Å²) in [7, 11) is 1.87. The Hall–Kier alpha value is -3.24. The Morgan fingerprint density at radius 2 is 2.12 bits per heavy atom. The predicted molar refractivity (Wildman–Crippen MR) is 123 cm³/mol. The molecule has 0 saturated carbocycles. The number of H-pyrrole nitrogens is 1. The van der Waals surface area contributed by atoms with Crippen LogP contribution in [0.2, 0.25) is 0 Å². The third kappa shape index (κ3) is 3.18. The van der Waals surface area contributed by atoms with E-state index in [2.05, 4.69) is 25.3 Å². The molecule has 4 aromatic heterocycles. The molecule has 0 unspecified atom stereocenters. The lowest BCUT2D eigenvalue weighted by molar-refractivity contribution is -0.0231. The number of aryl methyl sites for hydroxylation is 1. The Bertz CT molecular complexity index is 1350. The number of hydrogen-bond acceptors (Lipinski definition) is 7. The summed E-state index contributed by atoms with van der Waals surface area (Å²) in [4.78, 5) is 26.9. The highest BCUT2D eigenvalue weighted by molar-refractivity contribution is 5.91. The standard InChI is InChI=1S/C22H28N8O2/c1-13(2)22(3,32)17-12-29(9-8-23-17)20-14-11-25-28(4)16(14)10-18(26-20)30-15-6-5-7-24-19(15)27-21(30)31/h5-7,10-11,13,17,23,32H,8-9,12H2,1-4H3,(H,24,27,31)/t17-,22+/m0/s1. The number of pyridine rings is 2. The molecule has 0 aromatic carbocycles. The molecule has 1 fully saturated rings. The maximum atomic E-state index is 12.8. The van der Waals surface area contributed by atoms with Crippen molar-refractivity contribution in [2.24, 2.45) is 13.0 Å². The molecule has 168 valence electrons. The van der Waals surface area contributed by atoms with Crippen LogP contribution in [0.25, 0.3) is 27.9 Å². The number of aromatic nitrogens is 6. The SMILES string of the molecule is CC(C)[C@@](C)(O)[C@@H]1CN(c2nc(-n3c(=O)[nH]c4ncccc43)cc3c2cnn3C)CCN1. The zero-order chi connectivity index (χ0) is 22.6. The van der Waals surface area contributed by atoms with Gasteiger partial charge >= 0.3 is 5.69 Å². The Labute approximate surface area is 184 Å². The predicted octanol–water partition coefficient (Wildman–Crippen LogP) is 1.18. The number of imidazole rings is 1. The van der Waals surface area contributed by atoms with E-state index >= 15 is 0 Å². The van der Waals surface area contributed by atoms with Crippen molar-refractivity contribution in [3.63, 3.8) is 0 Å². The molecule has 10 heteroatoms. The fourth-order valence-corrected chi connectivity index (χ4v) is 4.37. The number of aromatic amines is 1. The summed E-state index contributed by atoms with van der Waals surface area (Å²) in [5.74, 6) is 1.35. The molecule has 3 N–H and O–H groups in total. The molecule has 5 rings (SSSR count). The summed E-state index contributed by atoms with van der Waals surface area (Å²) in [6, 6.07) is 5.39. The molecule has 32 heavy (non-hydrogen) atoms. The highest BCUT2D eigenvalue weighted by Gasteiger charge is 2.38. The normalized spacial score (nSPS) is 19.2. The van der Waals surface area contributed by atoms with E-state index in [1.807, 2.05) is 40.0 Å². The van der Waals surface area contributed by atoms with Gasteiger partial charge in [-0.05, 0) is 25.0 Å². The number of nitrogens with zero attached hydrogens (tertiary/aromatic N) is 6. The Kier molecular flexibility index (Phi) is 4.79. The molecule has 1 aliphatic heterocycles. The van der Waals surface area contributed by atoms with Crippen molar-refractivity contribution in [3.8, 4) is 5.82 Å². The lowest BCUT2D eigenvalue weighted by Crippen LogP contribution is -2.62. The van der Waals surface area contributed by atoms with Gasteiger partial charge in [0.05, 0.1) is 34.3 Å². The van der Waals surface area contributed by atoms with Crippen molar-refractivity contribution >= 4 is 27.9 Å². The van der Waals surface area contributed by atoms with Crippen LogP contribution in [0.15, 0.2) is 35.4 Å². The van der Waals surface area contributed by atoms with Crippen LogP contribution >= 0.6 is 0 Å². The fraction of sp³-hybridized carbons (Fsp3) is 0.455. The average molecular weight is 437 g/mol. The minimum atomic E-state index is -0.871. The van der Waals surface area contributed by atoms with E-state index in [1.165, 1.54) is 0 Å². The van der Waals surface area contributed by atoms with Crippen molar-refractivity contribution in [2.45, 2.75) is 32.4 Å². The van der Waals surface area contributed by atoms with Gasteiger partial charge in [-0.2, -0.15) is 5.10 Å². The largest absolute Gasteiger partial charge is 0.388 e. The van der Waals surface area contributed by atoms with E-state index < -0.39 is 5.60 Å². The van der Waals surface area contributed by atoms with Gasteiger partial charge in [0.2, 0.25) is 0 Å². The zero-order valence-electron chi connectivity index (χ0n) is 18.7. The van der Waals surface area contributed by atoms with E-state index in [0.717, 1.165) is 29.8 Å². The number of rotatable bonds is 4. The van der Waals surface area contributed by atoms with Gasteiger partial charge in [0.15, 0.2) is 5.65 Å². The number of hydrogen-bond donors (Lipinski definition) is 3. The molecule has 0 radical (unpaired) electrons. The first-order valence-corrected chi connectivity index (χ1v) is 10.9. The van der Waals surface area contributed by atoms with Crippen LogP contribution in [-0.2, 0) is 7.05 Å². The monoisotopic (exact) mass is 436 g/mol. The van der Waals surface area contributed by atoms with Crippen LogP contribution < -0.4 is 15.9 Å². The van der Waals surface area contributed by atoms with Gasteiger partial charge in [0, 0.05) is 38.9 Å². The van der Waals surface area contributed by atoms with E-state index in [-0.39, 0.29) is 17.6 Å². The Morgan fingerprint density at radius 3 is 2.91 bits per heavy atom. The number of anilines is 1. The summed E-state index contributed by atoms with van der Waals surface area (Å²) in [6.07, 6.45) is 3.45. The molecule has 5 heterocycles. The van der Waals surface area contributed by atoms with E-state index in [0.29, 0.717) is 23.5 Å². The van der Waals surface area contributed by atoms with Crippen molar-refractivity contribution in [1.29, 1.82) is 0 Å². The second-order valence-electron chi connectivity index (χ2n) is 8.97. The summed E-state index contributed by atoms with van der Waals surface area (Å²) < 4.78 is 3.33. The topological polar surface area (TPSA) is 117 Å². The lowest BCUT2D eigenvalue weighted by atomic mass is 9.84. The van der Waals surface area contributed by atoms with Crippen molar-refractivity contribution < 1.29 is 5.11 Å². The summed E-state index contributed by atoms with van der Waals surface area (Å²) >= 11 is 0. The second-order valence-corrected chi connectivity index (χ2v) is 8.97. The lowest BCUT2D eigenvalue weighted by Gasteiger charge is -2.43. The van der Waals surface area contributed by atoms with Crippen LogP contribution in [0.1, 0.15) is 20.8 Å². The molecule has 0 spiro atoms. The molecule has 1 saturated heterocycles. The zero-order valence-corrected chi connectivity index (χ0v) is 18.7. The van der Waals surface area contributed by atoms with Crippen LogP contribution in [0.5, 0.6) is 0 Å².